The number of carbonyl (C=O) groups excluding carboxylic acids is 1. The van der Waals surface area contributed by atoms with E-state index in [4.69, 9.17) is 4.52 Å². The Bertz CT molecular complexity index is 642. The molecule has 0 aliphatic carbocycles. The summed E-state index contributed by atoms with van der Waals surface area (Å²) in [6, 6.07) is 2.22. The molecule has 0 radical (unpaired) electrons. The first-order valence-corrected chi connectivity index (χ1v) is 7.98. The lowest BCUT2D eigenvalue weighted by Gasteiger charge is -2.33. The van der Waals surface area contributed by atoms with Crippen LogP contribution in [-0.4, -0.2) is 22.6 Å². The number of fused-ring (bicyclic) bond motifs is 1. The third-order valence-electron chi connectivity index (χ3n) is 4.14. The average Bonchev–Trinajstić information content (AvgIpc) is 3.05. The van der Waals surface area contributed by atoms with Crippen LogP contribution in [0.5, 0.6) is 0 Å². The second kappa shape index (κ2) is 5.52. The predicted octanol–water partition coefficient (Wildman–Crippen LogP) is 3.18. The minimum Gasteiger partial charge on any atom is -0.361 e. The van der Waals surface area contributed by atoms with E-state index in [9.17, 15) is 4.79 Å². The average molecular weight is 305 g/mol. The van der Waals surface area contributed by atoms with Crippen LogP contribution in [-0.2, 0) is 13.0 Å². The number of urea groups is 1. The van der Waals surface area contributed by atoms with E-state index >= 15 is 0 Å². The van der Waals surface area contributed by atoms with Crippen molar-refractivity contribution in [3.05, 3.63) is 38.9 Å². The molecule has 1 N–H and O–H groups in total. The number of amides is 2. The maximum atomic E-state index is 12.4. The highest BCUT2D eigenvalue weighted by molar-refractivity contribution is 7.10. The van der Waals surface area contributed by atoms with Crippen molar-refractivity contribution in [3.8, 4) is 0 Å². The van der Waals surface area contributed by atoms with Crippen molar-refractivity contribution >= 4 is 17.4 Å². The zero-order valence-electron chi connectivity index (χ0n) is 12.5. The van der Waals surface area contributed by atoms with Gasteiger partial charge in [-0.1, -0.05) is 5.16 Å². The van der Waals surface area contributed by atoms with E-state index in [-0.39, 0.29) is 12.1 Å². The van der Waals surface area contributed by atoms with Crippen molar-refractivity contribution in [2.75, 3.05) is 6.54 Å². The lowest BCUT2D eigenvalue weighted by Crippen LogP contribution is -2.44. The molecule has 2 aromatic heterocycles. The Labute approximate surface area is 127 Å². The third kappa shape index (κ3) is 2.55. The van der Waals surface area contributed by atoms with Gasteiger partial charge in [-0.05, 0) is 44.2 Å². The molecule has 112 valence electrons. The second-order valence-corrected chi connectivity index (χ2v) is 6.38. The fourth-order valence-corrected chi connectivity index (χ4v) is 3.77. The highest BCUT2D eigenvalue weighted by atomic mass is 32.1. The number of hydrogen-bond donors (Lipinski definition) is 1. The molecule has 2 aromatic rings. The summed E-state index contributed by atoms with van der Waals surface area (Å²) < 4.78 is 5.12. The summed E-state index contributed by atoms with van der Waals surface area (Å²) in [4.78, 5) is 15.7. The molecule has 6 heteroatoms. The van der Waals surface area contributed by atoms with Crippen LogP contribution in [0, 0.1) is 13.8 Å². The summed E-state index contributed by atoms with van der Waals surface area (Å²) in [7, 11) is 0. The Balaban J connectivity index is 1.67. The van der Waals surface area contributed by atoms with Gasteiger partial charge in [0.05, 0.1) is 11.7 Å². The molecular weight excluding hydrogens is 286 g/mol. The molecule has 1 aliphatic rings. The number of thiophene rings is 1. The number of carbonyl (C=O) groups is 1. The molecule has 3 heterocycles. The van der Waals surface area contributed by atoms with Gasteiger partial charge in [0.15, 0.2) is 0 Å². The molecule has 0 aromatic carbocycles. The number of aromatic nitrogens is 1. The monoisotopic (exact) mass is 305 g/mol. The zero-order chi connectivity index (χ0) is 15.0. The normalized spacial score (nSPS) is 17.7. The Morgan fingerprint density at radius 3 is 3.10 bits per heavy atom. The Morgan fingerprint density at radius 2 is 2.38 bits per heavy atom. The van der Waals surface area contributed by atoms with E-state index in [0.29, 0.717) is 6.54 Å². The van der Waals surface area contributed by atoms with Gasteiger partial charge in [0, 0.05) is 23.5 Å². The molecule has 2 amide bonds. The van der Waals surface area contributed by atoms with Crippen LogP contribution in [0.1, 0.15) is 40.4 Å². The molecule has 21 heavy (non-hydrogen) atoms. The van der Waals surface area contributed by atoms with Crippen molar-refractivity contribution in [1.82, 2.24) is 15.4 Å². The van der Waals surface area contributed by atoms with Gasteiger partial charge in [-0.15, -0.1) is 11.3 Å². The minimum atomic E-state index is -0.0284. The molecule has 0 saturated heterocycles. The van der Waals surface area contributed by atoms with Gasteiger partial charge in [0.25, 0.3) is 0 Å². The molecule has 0 fully saturated rings. The molecule has 5 nitrogen and oxygen atoms in total. The van der Waals surface area contributed by atoms with Crippen LogP contribution < -0.4 is 5.32 Å². The number of nitrogens with one attached hydrogen (secondary N) is 1. The van der Waals surface area contributed by atoms with Crippen molar-refractivity contribution in [2.45, 2.75) is 39.8 Å². The largest absolute Gasteiger partial charge is 0.361 e. The standard InChI is InChI=1S/C15H19N3O2S/c1-9-13(11(3)20-17-9)8-16-15(19)18-6-4-14-12(10(18)2)5-7-21-14/h5,7,10H,4,6,8H2,1-3H3,(H,16,19)/t10-/m0/s1. The number of rotatable bonds is 2. The van der Waals surface area contributed by atoms with Gasteiger partial charge in [-0.25, -0.2) is 4.79 Å². The summed E-state index contributed by atoms with van der Waals surface area (Å²) in [5.74, 6) is 0.764. The first kappa shape index (κ1) is 14.1. The maximum absolute atomic E-state index is 12.4. The Hall–Kier alpha value is -1.82. The maximum Gasteiger partial charge on any atom is 0.318 e. The predicted molar refractivity (Wildman–Crippen MR) is 81.4 cm³/mol. The SMILES string of the molecule is Cc1noc(C)c1CNC(=O)N1CCc2sccc2[C@@H]1C. The highest BCUT2D eigenvalue weighted by Gasteiger charge is 2.28. The van der Waals surface area contributed by atoms with E-state index in [2.05, 4.69) is 28.8 Å². The van der Waals surface area contributed by atoms with Gasteiger partial charge in [0.2, 0.25) is 0 Å². The van der Waals surface area contributed by atoms with E-state index < -0.39 is 0 Å². The summed E-state index contributed by atoms with van der Waals surface area (Å²) in [6.07, 6.45) is 0.941. The van der Waals surface area contributed by atoms with Crippen LogP contribution in [0.4, 0.5) is 4.79 Å². The van der Waals surface area contributed by atoms with Gasteiger partial charge < -0.3 is 14.7 Å². The van der Waals surface area contributed by atoms with Crippen LogP contribution in [0.2, 0.25) is 0 Å². The van der Waals surface area contributed by atoms with Gasteiger partial charge in [-0.2, -0.15) is 0 Å². The van der Waals surface area contributed by atoms with E-state index in [1.54, 1.807) is 11.3 Å². The second-order valence-electron chi connectivity index (χ2n) is 5.38. The Kier molecular flexibility index (Phi) is 3.71. The molecule has 0 spiro atoms. The molecule has 0 bridgehead atoms. The summed E-state index contributed by atoms with van der Waals surface area (Å²) in [5, 5.41) is 8.99. The minimum absolute atomic E-state index is 0.0284. The van der Waals surface area contributed by atoms with Crippen molar-refractivity contribution in [1.29, 1.82) is 0 Å². The summed E-state index contributed by atoms with van der Waals surface area (Å²) in [5.41, 5.74) is 3.07. The van der Waals surface area contributed by atoms with Crippen LogP contribution in [0.25, 0.3) is 0 Å². The van der Waals surface area contributed by atoms with Gasteiger partial charge in [0.1, 0.15) is 5.76 Å². The number of nitrogens with zero attached hydrogens (tertiary/aromatic N) is 2. The smallest absolute Gasteiger partial charge is 0.318 e. The van der Waals surface area contributed by atoms with E-state index in [1.807, 2.05) is 18.7 Å². The Morgan fingerprint density at radius 1 is 1.57 bits per heavy atom. The van der Waals surface area contributed by atoms with Crippen molar-refractivity contribution in [3.63, 3.8) is 0 Å². The highest BCUT2D eigenvalue weighted by Crippen LogP contribution is 2.32. The molecule has 3 rings (SSSR count). The van der Waals surface area contributed by atoms with Crippen LogP contribution in [0.15, 0.2) is 16.0 Å². The van der Waals surface area contributed by atoms with Crippen LogP contribution in [0.3, 0.4) is 0 Å². The summed E-state index contributed by atoms with van der Waals surface area (Å²) >= 11 is 1.78. The quantitative estimate of drug-likeness (QED) is 0.927. The fourth-order valence-electron chi connectivity index (χ4n) is 2.81. The van der Waals surface area contributed by atoms with Gasteiger partial charge in [-0.3, -0.25) is 0 Å². The van der Waals surface area contributed by atoms with E-state index in [1.165, 1.54) is 10.4 Å². The number of hydrogen-bond acceptors (Lipinski definition) is 4. The summed E-state index contributed by atoms with van der Waals surface area (Å²) in [6.45, 7) is 7.06. The molecular formula is C15H19N3O2S. The number of aryl methyl sites for hydroxylation is 2. The molecule has 0 saturated carbocycles. The lowest BCUT2D eigenvalue weighted by molar-refractivity contribution is 0.175. The first-order valence-electron chi connectivity index (χ1n) is 7.10. The first-order chi connectivity index (χ1) is 10.1. The van der Waals surface area contributed by atoms with Gasteiger partial charge >= 0.3 is 6.03 Å². The topological polar surface area (TPSA) is 58.4 Å². The van der Waals surface area contributed by atoms with E-state index in [0.717, 1.165) is 30.0 Å². The van der Waals surface area contributed by atoms with Crippen molar-refractivity contribution in [2.24, 2.45) is 0 Å². The van der Waals surface area contributed by atoms with Crippen LogP contribution >= 0.6 is 11.3 Å². The lowest BCUT2D eigenvalue weighted by atomic mass is 10.0. The molecule has 0 unspecified atom stereocenters. The van der Waals surface area contributed by atoms with Crippen molar-refractivity contribution < 1.29 is 9.32 Å². The molecule has 1 atom stereocenters. The third-order valence-corrected chi connectivity index (χ3v) is 5.13. The molecule has 1 aliphatic heterocycles. The zero-order valence-corrected chi connectivity index (χ0v) is 13.3. The fraction of sp³-hybridized carbons (Fsp3) is 0.467.